The quantitative estimate of drug-likeness (QED) is 0.0310. The zero-order valence-electron chi connectivity index (χ0n) is 73.4. The molecule has 0 N–H and O–H groups in total. The summed E-state index contributed by atoms with van der Waals surface area (Å²) >= 11 is 0. The zero-order valence-corrected chi connectivity index (χ0v) is 80.7. The van der Waals surface area contributed by atoms with Crippen molar-refractivity contribution in [2.75, 3.05) is 76.6 Å². The van der Waals surface area contributed by atoms with E-state index < -0.39 is 45.6 Å². The van der Waals surface area contributed by atoms with Gasteiger partial charge >= 0.3 is 0 Å². The summed E-state index contributed by atoms with van der Waals surface area (Å²) < 4.78 is 99.4. The zero-order chi connectivity index (χ0) is 82.2. The molecule has 0 spiro atoms. The van der Waals surface area contributed by atoms with Gasteiger partial charge in [-0.1, -0.05) is 391 Å². The summed E-state index contributed by atoms with van der Waals surface area (Å²) in [7, 11) is -21.3. The maximum absolute atomic E-state index is 11.6. The van der Waals surface area contributed by atoms with Crippen molar-refractivity contribution in [3.63, 3.8) is 0 Å². The molecule has 6 unspecified atom stereocenters. The van der Waals surface area contributed by atoms with Crippen LogP contribution in [0.1, 0.15) is 468 Å². The van der Waals surface area contributed by atoms with Crippen LogP contribution in [0.5, 0.6) is 0 Å². The van der Waals surface area contributed by atoms with Crippen molar-refractivity contribution in [1.29, 1.82) is 0 Å². The van der Waals surface area contributed by atoms with Gasteiger partial charge in [0.15, 0.2) is 0 Å². The molecule has 0 aromatic carbocycles. The van der Waals surface area contributed by atoms with E-state index >= 15 is 0 Å². The minimum Gasteiger partial charge on any atom is -0.778 e. The van der Waals surface area contributed by atoms with E-state index in [9.17, 15) is 56.8 Å². The van der Waals surface area contributed by atoms with E-state index in [1.165, 1.54) is 193 Å². The summed E-state index contributed by atoms with van der Waals surface area (Å²) in [6, 6.07) is 0. The first kappa shape index (κ1) is 124. The fraction of sp³-hybridized carbons (Fsp3) is 1.00. The van der Waals surface area contributed by atoms with Crippen molar-refractivity contribution in [2.45, 2.75) is 468 Å². The van der Waals surface area contributed by atoms with E-state index in [0.717, 1.165) is 193 Å². The summed E-state index contributed by atoms with van der Waals surface area (Å²) in [6.45, 7) is 28.2. The fourth-order valence-corrected chi connectivity index (χ4v) is 18.2. The maximum atomic E-state index is 11.6. The monoisotopic (exact) mass is 1760 g/mol. The molecule has 0 aromatic heterocycles. The van der Waals surface area contributed by atoms with Gasteiger partial charge < -0.3 is 83.9 Å². The van der Waals surface area contributed by atoms with E-state index in [1.807, 2.05) is 0 Å². The van der Waals surface area contributed by atoms with Crippen LogP contribution < -0.4 is 29.4 Å². The Labute approximate surface area is 691 Å². The van der Waals surface area contributed by atoms with Crippen LogP contribution in [-0.2, 0) is 75.6 Å². The van der Waals surface area contributed by atoms with E-state index in [-0.39, 0.29) is 58.0 Å². The van der Waals surface area contributed by atoms with Gasteiger partial charge in [-0.15, -0.1) is 0 Å². The summed E-state index contributed by atoms with van der Waals surface area (Å²) in [5.74, 6) is 0. The number of unbranched alkanes of at least 4 members (excludes halogenated alkanes) is 48. The van der Waals surface area contributed by atoms with Crippen LogP contribution in [0.15, 0.2) is 0 Å². The average Bonchev–Trinajstić information content (AvgIpc) is 0.998. The largest absolute Gasteiger partial charge is 0.778 e. The molecule has 18 nitrogen and oxygen atoms in total. The Hall–Kier alpha value is 1.59. The van der Waals surface area contributed by atoms with E-state index in [1.54, 1.807) is 0 Å². The van der Waals surface area contributed by atoms with Crippen molar-refractivity contribution in [3.05, 3.63) is 0 Å². The normalized spacial score (nSPS) is 14.5. The molecule has 6 atom stereocenters. The summed E-state index contributed by atoms with van der Waals surface area (Å²) in [5, 5.41) is 0. The van der Waals surface area contributed by atoms with Crippen molar-refractivity contribution in [2.24, 2.45) is 0 Å². The van der Waals surface area contributed by atoms with E-state index in [0.29, 0.717) is 39.6 Å². The molecule has 0 aliphatic heterocycles. The molecule has 0 heterocycles. The average molecular weight is 1760 g/mol. The van der Waals surface area contributed by atoms with Gasteiger partial charge in [-0.3, -0.25) is 0 Å². The van der Waals surface area contributed by atoms with Crippen LogP contribution in [0.3, 0.4) is 0 Å². The van der Waals surface area contributed by atoms with Crippen molar-refractivity contribution in [3.8, 4) is 0 Å². The van der Waals surface area contributed by atoms with E-state index in [2.05, 4.69) is 83.1 Å². The van der Waals surface area contributed by atoms with Crippen molar-refractivity contribution >= 4 is 45.6 Å². The molecule has 0 fully saturated rings. The summed E-state index contributed by atoms with van der Waals surface area (Å²) in [6.07, 6.45) is 66.2. The third kappa shape index (κ3) is 118. The molecule has 0 radical (unpaired) electrons. The van der Waals surface area contributed by atoms with Crippen LogP contribution in [0.2, 0.25) is 0 Å². The minimum atomic E-state index is -3.55. The first-order valence-corrected chi connectivity index (χ1v) is 55.8. The van der Waals surface area contributed by atoms with E-state index in [4.69, 9.17) is 27.1 Å². The number of hydrogen-bond acceptors (Lipinski definition) is 18. The molecule has 0 saturated carbocycles. The first-order chi connectivity index (χ1) is 51.7. The van der Waals surface area contributed by atoms with Crippen LogP contribution in [-0.4, -0.2) is 76.6 Å². The van der Waals surface area contributed by atoms with Crippen LogP contribution >= 0.6 is 45.6 Å². The second kappa shape index (κ2) is 96.7. The van der Waals surface area contributed by atoms with Gasteiger partial charge in [0.25, 0.3) is 0 Å². The molecular formula is C84H180MoO18P6-6. The molecule has 109 heavy (non-hydrogen) atoms. The minimum absolute atomic E-state index is 0. The van der Waals surface area contributed by atoms with Gasteiger partial charge in [0.1, 0.15) is 45.6 Å². The van der Waals surface area contributed by atoms with Crippen LogP contribution in [0.4, 0.5) is 0 Å². The summed E-state index contributed by atoms with van der Waals surface area (Å²) in [5.41, 5.74) is 0. The predicted molar refractivity (Wildman–Crippen MR) is 456 cm³/mol. The van der Waals surface area contributed by atoms with Crippen LogP contribution in [0.25, 0.3) is 0 Å². The Kier molecular flexibility index (Phi) is 110. The fourth-order valence-electron chi connectivity index (χ4n) is 11.3. The van der Waals surface area contributed by atoms with Gasteiger partial charge in [-0.25, -0.2) is 0 Å². The molecule has 0 aromatic rings. The first-order valence-electron chi connectivity index (χ1n) is 45.4. The molecule has 666 valence electrons. The van der Waals surface area contributed by atoms with Gasteiger partial charge in [0, 0.05) is 58.0 Å². The molecule has 0 aliphatic carbocycles. The topological polar surface area (TPSA) is 296 Å². The Morgan fingerprint density at radius 2 is 0.229 bits per heavy atom. The van der Waals surface area contributed by atoms with Gasteiger partial charge in [-0.05, 0) is 77.0 Å². The molecular weight excluding hydrogens is 1580 g/mol. The maximum Gasteiger partial charge on any atom is 0.134 e. The third-order valence-corrected chi connectivity index (χ3v) is 27.1. The number of hydrogen-bond donors (Lipinski definition) is 0. The molecule has 0 saturated heterocycles. The second-order valence-corrected chi connectivity index (χ2v) is 41.5. The Bertz CT molecular complexity index is 1680. The van der Waals surface area contributed by atoms with Crippen molar-refractivity contribution in [1.82, 2.24) is 0 Å². The third-order valence-electron chi connectivity index (χ3n) is 18.4. The molecule has 0 amide bonds. The molecule has 0 aliphatic rings. The predicted octanol–water partition coefficient (Wildman–Crippen LogP) is 27.0. The van der Waals surface area contributed by atoms with Gasteiger partial charge in [-0.2, -0.15) is 0 Å². The molecule has 25 heteroatoms. The standard InChI is InChI=1S/6C14H31O3P.Mo/c6*1-3-5-7-9-11-13-17-18(15,16)14-12-10-8-6-4-2;/h6*3-14H2,1-2H3,(H,15,16);/p-6. The number of rotatable bonds is 78. The molecule has 0 bridgehead atoms. The van der Waals surface area contributed by atoms with Gasteiger partial charge in [0.05, 0.1) is 39.6 Å². The summed E-state index contributed by atoms with van der Waals surface area (Å²) in [4.78, 5) is 69.3. The molecule has 0 rings (SSSR count). The second-order valence-electron chi connectivity index (χ2n) is 30.0. The smallest absolute Gasteiger partial charge is 0.134 e. The van der Waals surface area contributed by atoms with Gasteiger partial charge in [0.2, 0.25) is 0 Å². The van der Waals surface area contributed by atoms with Crippen LogP contribution in [0, 0.1) is 0 Å². The Morgan fingerprint density at radius 1 is 0.147 bits per heavy atom. The SMILES string of the molecule is CCCCCCCOP(=O)([O-])CCCCCCC.CCCCCCCOP(=O)([O-])CCCCCCC.CCCCCCCOP(=O)([O-])CCCCCCC.CCCCCCCOP(=O)([O-])CCCCCCC.CCCCCCCOP(=O)([O-])CCCCCCC.CCCCCCCOP(=O)([O-])CCCCCCC.[Mo]. The van der Waals surface area contributed by atoms with Crippen molar-refractivity contribution < 1.29 is 105 Å². The Morgan fingerprint density at radius 3 is 0.321 bits per heavy atom. The Balaban J connectivity index is -0.000000229.